The maximum Gasteiger partial charge on any atom is 0.407 e. The summed E-state index contributed by atoms with van der Waals surface area (Å²) in [6.07, 6.45) is -0.697. The van der Waals surface area contributed by atoms with Crippen molar-refractivity contribution in [1.82, 2.24) is 29.9 Å². The number of pyridine rings is 1. The van der Waals surface area contributed by atoms with Crippen LogP contribution in [0.4, 0.5) is 9.59 Å². The number of rotatable bonds is 10. The molecule has 2 N–H and O–H groups in total. The third kappa shape index (κ3) is 6.16. The molecule has 2 aliphatic rings. The van der Waals surface area contributed by atoms with E-state index >= 15 is 0 Å². The van der Waals surface area contributed by atoms with Gasteiger partial charge in [-0.1, -0.05) is 0 Å². The highest BCUT2D eigenvalue weighted by molar-refractivity contribution is 5.85. The lowest BCUT2D eigenvalue weighted by Gasteiger charge is -2.39. The summed E-state index contributed by atoms with van der Waals surface area (Å²) in [5.74, 6) is -0.253. The van der Waals surface area contributed by atoms with Crippen molar-refractivity contribution in [2.24, 2.45) is 0 Å². The van der Waals surface area contributed by atoms with Gasteiger partial charge in [0.05, 0.1) is 44.6 Å². The molecular formula is C25H36N6O7. The number of methoxy groups -OCH3 is 2. The van der Waals surface area contributed by atoms with Crippen LogP contribution < -0.4 is 5.32 Å². The van der Waals surface area contributed by atoms with Gasteiger partial charge in [0, 0.05) is 37.3 Å². The number of ether oxygens (including phenoxy) is 3. The molecule has 2 fully saturated rings. The van der Waals surface area contributed by atoms with Gasteiger partial charge in [-0.15, -0.1) is 0 Å². The fraction of sp³-hybridized carbons (Fsp3) is 0.640. The van der Waals surface area contributed by atoms with E-state index in [1.165, 1.54) is 19.1 Å². The first-order valence-electron chi connectivity index (χ1n) is 12.8. The van der Waals surface area contributed by atoms with E-state index in [0.29, 0.717) is 30.9 Å². The summed E-state index contributed by atoms with van der Waals surface area (Å²) in [6, 6.07) is 3.52. The summed E-state index contributed by atoms with van der Waals surface area (Å²) in [5, 5.41) is 18.0. The second-order valence-corrected chi connectivity index (χ2v) is 9.75. The molecule has 0 bridgehead atoms. The molecule has 3 heterocycles. The van der Waals surface area contributed by atoms with Gasteiger partial charge in [-0.2, -0.15) is 5.10 Å². The molecule has 0 unspecified atom stereocenters. The van der Waals surface area contributed by atoms with Crippen LogP contribution in [0.1, 0.15) is 43.6 Å². The normalized spacial score (nSPS) is 20.3. The van der Waals surface area contributed by atoms with Crippen molar-refractivity contribution in [2.45, 2.75) is 63.9 Å². The lowest BCUT2D eigenvalue weighted by atomic mass is 10.1. The zero-order chi connectivity index (χ0) is 27.4. The predicted octanol–water partition coefficient (Wildman–Crippen LogP) is 1.93. The molecule has 0 radical (unpaired) electrons. The van der Waals surface area contributed by atoms with Gasteiger partial charge in [0.2, 0.25) is 0 Å². The van der Waals surface area contributed by atoms with E-state index < -0.39 is 24.4 Å². The highest BCUT2D eigenvalue weighted by atomic mass is 16.5. The van der Waals surface area contributed by atoms with Crippen LogP contribution in [0.2, 0.25) is 0 Å². The molecule has 2 aromatic rings. The first-order chi connectivity index (χ1) is 18.2. The summed E-state index contributed by atoms with van der Waals surface area (Å²) in [5.41, 5.74) is 2.27. The lowest BCUT2D eigenvalue weighted by Crippen LogP contribution is -2.57. The minimum Gasteiger partial charge on any atom is -0.465 e. The van der Waals surface area contributed by atoms with Gasteiger partial charge in [-0.3, -0.25) is 4.79 Å². The monoisotopic (exact) mass is 532 g/mol. The number of carbonyl (C=O) groups is 3. The third-order valence-electron chi connectivity index (χ3n) is 6.84. The molecular weight excluding hydrogens is 496 g/mol. The van der Waals surface area contributed by atoms with Gasteiger partial charge in [-0.05, 0) is 45.2 Å². The second-order valence-electron chi connectivity index (χ2n) is 9.75. The maximum absolute atomic E-state index is 13.9. The molecule has 38 heavy (non-hydrogen) atoms. The number of alkyl carbamates (subject to hydrolysis) is 1. The third-order valence-corrected chi connectivity index (χ3v) is 6.84. The van der Waals surface area contributed by atoms with Crippen LogP contribution >= 0.6 is 0 Å². The van der Waals surface area contributed by atoms with Crippen molar-refractivity contribution < 1.29 is 33.7 Å². The molecule has 3 amide bonds. The first-order valence-corrected chi connectivity index (χ1v) is 12.8. The van der Waals surface area contributed by atoms with Crippen molar-refractivity contribution in [3.8, 4) is 0 Å². The summed E-state index contributed by atoms with van der Waals surface area (Å²) in [7, 11) is 2.83. The van der Waals surface area contributed by atoms with Crippen molar-refractivity contribution in [2.75, 3.05) is 40.5 Å². The SMILES string of the molecule is COC[C@@H]1CN(C(=O)O)C[C@H](C(=O)N(C2CC2)[C@H](C)c2nn(CCCNC(=O)OC)c3nc(C)ccc23)O1. The van der Waals surface area contributed by atoms with E-state index in [4.69, 9.17) is 19.6 Å². The molecule has 1 aliphatic heterocycles. The molecule has 1 aliphatic carbocycles. The Hall–Kier alpha value is -3.45. The highest BCUT2D eigenvalue weighted by Crippen LogP contribution is 2.37. The number of aromatic nitrogens is 3. The molecule has 13 heteroatoms. The van der Waals surface area contributed by atoms with Crippen LogP contribution in [0.15, 0.2) is 12.1 Å². The number of aryl methyl sites for hydroxylation is 2. The van der Waals surface area contributed by atoms with E-state index in [2.05, 4.69) is 10.1 Å². The fourth-order valence-corrected chi connectivity index (χ4v) is 4.87. The van der Waals surface area contributed by atoms with Crippen LogP contribution in [0.25, 0.3) is 11.0 Å². The van der Waals surface area contributed by atoms with Gasteiger partial charge in [0.1, 0.15) is 0 Å². The summed E-state index contributed by atoms with van der Waals surface area (Å²) in [4.78, 5) is 44.7. The average molecular weight is 533 g/mol. The van der Waals surface area contributed by atoms with E-state index in [0.717, 1.165) is 23.9 Å². The van der Waals surface area contributed by atoms with Crippen LogP contribution in [-0.4, -0.2) is 106 Å². The smallest absolute Gasteiger partial charge is 0.407 e. The molecule has 0 aromatic carbocycles. The van der Waals surface area contributed by atoms with E-state index in [9.17, 15) is 19.5 Å². The predicted molar refractivity (Wildman–Crippen MR) is 136 cm³/mol. The van der Waals surface area contributed by atoms with Crippen molar-refractivity contribution >= 4 is 29.1 Å². The highest BCUT2D eigenvalue weighted by Gasteiger charge is 2.44. The Labute approximate surface area is 221 Å². The van der Waals surface area contributed by atoms with Crippen molar-refractivity contribution in [3.05, 3.63) is 23.5 Å². The molecule has 1 saturated heterocycles. The average Bonchev–Trinajstić information content (AvgIpc) is 3.67. The Morgan fingerprint density at radius 2 is 2.03 bits per heavy atom. The molecule has 1 saturated carbocycles. The Morgan fingerprint density at radius 1 is 1.26 bits per heavy atom. The zero-order valence-electron chi connectivity index (χ0n) is 22.3. The molecule has 208 valence electrons. The zero-order valence-corrected chi connectivity index (χ0v) is 22.3. The van der Waals surface area contributed by atoms with E-state index in [-0.39, 0.29) is 37.7 Å². The number of nitrogens with one attached hydrogen (secondary N) is 1. The Morgan fingerprint density at radius 3 is 2.68 bits per heavy atom. The number of carboxylic acid groups (broad SMARTS) is 1. The van der Waals surface area contributed by atoms with Gasteiger partial charge in [-0.25, -0.2) is 19.3 Å². The molecule has 2 aromatic heterocycles. The number of morpholine rings is 1. The Kier molecular flexibility index (Phi) is 8.67. The lowest BCUT2D eigenvalue weighted by molar-refractivity contribution is -0.162. The maximum atomic E-state index is 13.9. The number of amides is 3. The molecule has 0 spiro atoms. The van der Waals surface area contributed by atoms with Crippen LogP contribution in [-0.2, 0) is 25.5 Å². The minimum atomic E-state index is -1.09. The molecule has 3 atom stereocenters. The standard InChI is InChI=1S/C25H36N6O7/c1-15-6-9-19-21(28-30(22(19)27-15)11-5-10-26-24(33)37-4)16(2)31(17-7-8-17)23(32)20-13-29(25(34)35)12-18(38-20)14-36-3/h6,9,16-18,20H,5,7-8,10-14H2,1-4H3,(H,26,33)(H,34,35)/t16-,18+,20-/m1/s1. The number of fused-ring (bicyclic) bond motifs is 1. The van der Waals surface area contributed by atoms with Crippen molar-refractivity contribution in [3.63, 3.8) is 0 Å². The molecule has 4 rings (SSSR count). The number of hydrogen-bond acceptors (Lipinski definition) is 8. The first kappa shape index (κ1) is 27.6. The van der Waals surface area contributed by atoms with Gasteiger partial charge < -0.3 is 34.4 Å². The van der Waals surface area contributed by atoms with E-state index in [1.807, 2.05) is 26.0 Å². The van der Waals surface area contributed by atoms with Crippen LogP contribution in [0.3, 0.4) is 0 Å². The second kappa shape index (κ2) is 11.9. The van der Waals surface area contributed by atoms with Crippen molar-refractivity contribution in [1.29, 1.82) is 0 Å². The van der Waals surface area contributed by atoms with Gasteiger partial charge >= 0.3 is 12.2 Å². The number of hydrogen-bond donors (Lipinski definition) is 2. The van der Waals surface area contributed by atoms with Gasteiger partial charge in [0.15, 0.2) is 11.8 Å². The topological polar surface area (TPSA) is 148 Å². The summed E-state index contributed by atoms with van der Waals surface area (Å²) in [6.45, 7) is 5.08. The van der Waals surface area contributed by atoms with Crippen LogP contribution in [0, 0.1) is 6.92 Å². The van der Waals surface area contributed by atoms with Crippen LogP contribution in [0.5, 0.6) is 0 Å². The summed E-state index contributed by atoms with van der Waals surface area (Å²) >= 11 is 0. The largest absolute Gasteiger partial charge is 0.465 e. The Bertz CT molecular complexity index is 1170. The van der Waals surface area contributed by atoms with Gasteiger partial charge in [0.25, 0.3) is 5.91 Å². The van der Waals surface area contributed by atoms with E-state index in [1.54, 1.807) is 9.58 Å². The fourth-order valence-electron chi connectivity index (χ4n) is 4.87. The summed E-state index contributed by atoms with van der Waals surface area (Å²) < 4.78 is 17.6. The minimum absolute atomic E-state index is 0.0324. The quantitative estimate of drug-likeness (QED) is 0.438. The number of nitrogens with zero attached hydrogens (tertiary/aromatic N) is 5. The Balaban J connectivity index is 1.58. The number of carbonyl (C=O) groups excluding carboxylic acids is 2. The molecule has 13 nitrogen and oxygen atoms in total.